The van der Waals surface area contributed by atoms with Gasteiger partial charge in [0, 0.05) is 30.9 Å². The second-order valence-electron chi connectivity index (χ2n) is 3.90. The topological polar surface area (TPSA) is 20.3 Å². The van der Waals surface area contributed by atoms with Crippen molar-refractivity contribution in [1.29, 1.82) is 0 Å². The summed E-state index contributed by atoms with van der Waals surface area (Å²) in [6, 6.07) is 9.69. The van der Waals surface area contributed by atoms with Crippen molar-refractivity contribution in [2.75, 3.05) is 7.05 Å². The molecule has 0 aliphatic carbocycles. The Bertz CT molecular complexity index is 570. The average Bonchev–Trinajstić information content (AvgIpc) is 2.73. The Balaban J connectivity index is 2.09. The number of amides is 1. The van der Waals surface area contributed by atoms with Crippen LogP contribution in [0.25, 0.3) is 0 Å². The number of thiophene rings is 1. The van der Waals surface area contributed by atoms with Crippen molar-refractivity contribution in [3.05, 3.63) is 54.2 Å². The SMILES string of the molecule is CN(Cc1cc(Br)cs1)C(=O)c1cccc(I)c1. The van der Waals surface area contributed by atoms with Gasteiger partial charge in [0.25, 0.3) is 5.91 Å². The molecule has 2 rings (SSSR count). The van der Waals surface area contributed by atoms with E-state index < -0.39 is 0 Å². The van der Waals surface area contributed by atoms with E-state index in [0.717, 1.165) is 13.6 Å². The highest BCUT2D eigenvalue weighted by atomic mass is 127. The molecule has 0 fully saturated rings. The maximum Gasteiger partial charge on any atom is 0.253 e. The number of hydrogen-bond acceptors (Lipinski definition) is 2. The van der Waals surface area contributed by atoms with Crippen LogP contribution in [0.1, 0.15) is 15.2 Å². The number of carbonyl (C=O) groups is 1. The molecule has 0 unspecified atom stereocenters. The largest absolute Gasteiger partial charge is 0.337 e. The van der Waals surface area contributed by atoms with Crippen LogP contribution in [0.3, 0.4) is 0 Å². The van der Waals surface area contributed by atoms with Crippen molar-refractivity contribution < 1.29 is 4.79 Å². The summed E-state index contributed by atoms with van der Waals surface area (Å²) >= 11 is 7.29. The highest BCUT2D eigenvalue weighted by molar-refractivity contribution is 14.1. The van der Waals surface area contributed by atoms with E-state index in [1.807, 2.05) is 42.8 Å². The van der Waals surface area contributed by atoms with Crippen LogP contribution >= 0.6 is 49.9 Å². The quantitative estimate of drug-likeness (QED) is 0.655. The molecular formula is C13H11BrINOS. The van der Waals surface area contributed by atoms with E-state index >= 15 is 0 Å². The molecule has 1 amide bonds. The van der Waals surface area contributed by atoms with Gasteiger partial charge in [-0.15, -0.1) is 11.3 Å². The van der Waals surface area contributed by atoms with Crippen molar-refractivity contribution in [2.24, 2.45) is 0 Å². The second kappa shape index (κ2) is 6.16. The van der Waals surface area contributed by atoms with Gasteiger partial charge in [-0.05, 0) is 62.8 Å². The number of nitrogens with zero attached hydrogens (tertiary/aromatic N) is 1. The van der Waals surface area contributed by atoms with E-state index in [-0.39, 0.29) is 5.91 Å². The molecule has 0 aliphatic rings. The molecule has 1 aromatic heterocycles. The minimum atomic E-state index is 0.0537. The van der Waals surface area contributed by atoms with Crippen molar-refractivity contribution >= 4 is 55.8 Å². The molecule has 94 valence electrons. The summed E-state index contributed by atoms with van der Waals surface area (Å²) in [4.78, 5) is 15.1. The lowest BCUT2D eigenvalue weighted by Crippen LogP contribution is -2.25. The fourth-order valence-corrected chi connectivity index (χ4v) is 3.63. The third-order valence-electron chi connectivity index (χ3n) is 2.43. The molecular weight excluding hydrogens is 425 g/mol. The second-order valence-corrected chi connectivity index (χ2v) is 7.06. The van der Waals surface area contributed by atoms with Crippen molar-refractivity contribution in [2.45, 2.75) is 6.54 Å². The Morgan fingerprint density at radius 2 is 2.22 bits per heavy atom. The zero-order valence-electron chi connectivity index (χ0n) is 9.69. The van der Waals surface area contributed by atoms with E-state index in [4.69, 9.17) is 0 Å². The van der Waals surface area contributed by atoms with Gasteiger partial charge in [0.2, 0.25) is 0 Å². The Labute approximate surface area is 132 Å². The molecule has 5 heteroatoms. The number of carbonyl (C=O) groups excluding carboxylic acids is 1. The lowest BCUT2D eigenvalue weighted by Gasteiger charge is -2.16. The Kier molecular flexibility index (Phi) is 4.80. The highest BCUT2D eigenvalue weighted by Crippen LogP contribution is 2.21. The van der Waals surface area contributed by atoms with Gasteiger partial charge in [0.05, 0.1) is 6.54 Å². The minimum absolute atomic E-state index is 0.0537. The normalized spacial score (nSPS) is 10.4. The molecule has 0 spiro atoms. The van der Waals surface area contributed by atoms with E-state index in [2.05, 4.69) is 38.5 Å². The number of rotatable bonds is 3. The third-order valence-corrected chi connectivity index (χ3v) is 4.79. The lowest BCUT2D eigenvalue weighted by atomic mass is 10.2. The number of hydrogen-bond donors (Lipinski definition) is 0. The van der Waals surface area contributed by atoms with Crippen molar-refractivity contribution in [3.8, 4) is 0 Å². The Hall–Kier alpha value is -0.400. The average molecular weight is 436 g/mol. The monoisotopic (exact) mass is 435 g/mol. The van der Waals surface area contributed by atoms with Crippen molar-refractivity contribution in [1.82, 2.24) is 4.90 Å². The molecule has 0 bridgehead atoms. The van der Waals surface area contributed by atoms with E-state index in [1.54, 1.807) is 16.2 Å². The summed E-state index contributed by atoms with van der Waals surface area (Å²) in [5, 5.41) is 2.03. The summed E-state index contributed by atoms with van der Waals surface area (Å²) in [6.07, 6.45) is 0. The van der Waals surface area contributed by atoms with Gasteiger partial charge in [-0.25, -0.2) is 0 Å². The zero-order valence-corrected chi connectivity index (χ0v) is 14.3. The summed E-state index contributed by atoms with van der Waals surface area (Å²) < 4.78 is 2.14. The zero-order chi connectivity index (χ0) is 13.1. The molecule has 1 aromatic carbocycles. The van der Waals surface area contributed by atoms with E-state index in [1.165, 1.54) is 4.88 Å². The van der Waals surface area contributed by atoms with Crippen LogP contribution in [0.4, 0.5) is 0 Å². The fraction of sp³-hybridized carbons (Fsp3) is 0.154. The third kappa shape index (κ3) is 3.55. The standard InChI is InChI=1S/C13H11BrINOS/c1-16(7-12-6-10(14)8-18-12)13(17)9-3-2-4-11(15)5-9/h2-6,8H,7H2,1H3. The maximum absolute atomic E-state index is 12.2. The van der Waals surface area contributed by atoms with Gasteiger partial charge >= 0.3 is 0 Å². The lowest BCUT2D eigenvalue weighted by molar-refractivity contribution is 0.0786. The summed E-state index contributed by atoms with van der Waals surface area (Å²) in [7, 11) is 1.83. The Morgan fingerprint density at radius 3 is 2.83 bits per heavy atom. The summed E-state index contributed by atoms with van der Waals surface area (Å²) in [6.45, 7) is 0.639. The van der Waals surface area contributed by atoms with Gasteiger partial charge in [-0.2, -0.15) is 0 Å². The highest BCUT2D eigenvalue weighted by Gasteiger charge is 2.12. The first-order valence-electron chi connectivity index (χ1n) is 5.30. The van der Waals surface area contributed by atoms with Crippen LogP contribution in [0.5, 0.6) is 0 Å². The predicted octanol–water partition coefficient (Wildman–Crippen LogP) is 4.39. The van der Waals surface area contributed by atoms with E-state index in [0.29, 0.717) is 6.54 Å². The van der Waals surface area contributed by atoms with Crippen LogP contribution in [0, 0.1) is 3.57 Å². The van der Waals surface area contributed by atoms with Crippen LogP contribution < -0.4 is 0 Å². The smallest absolute Gasteiger partial charge is 0.253 e. The fourth-order valence-electron chi connectivity index (χ4n) is 1.58. The Morgan fingerprint density at radius 1 is 1.44 bits per heavy atom. The van der Waals surface area contributed by atoms with Crippen LogP contribution in [0.2, 0.25) is 0 Å². The first-order valence-corrected chi connectivity index (χ1v) is 8.05. The molecule has 1 heterocycles. The van der Waals surface area contributed by atoms with Gasteiger partial charge in [0.1, 0.15) is 0 Å². The van der Waals surface area contributed by atoms with Gasteiger partial charge in [0.15, 0.2) is 0 Å². The molecule has 18 heavy (non-hydrogen) atoms. The molecule has 0 radical (unpaired) electrons. The first kappa shape index (κ1) is 14.0. The molecule has 0 aliphatic heterocycles. The molecule has 0 atom stereocenters. The summed E-state index contributed by atoms with van der Waals surface area (Å²) in [5.41, 5.74) is 0.736. The van der Waals surface area contributed by atoms with Gasteiger partial charge in [-0.3, -0.25) is 4.79 Å². The van der Waals surface area contributed by atoms with Crippen LogP contribution in [0.15, 0.2) is 40.2 Å². The maximum atomic E-state index is 12.2. The van der Waals surface area contributed by atoms with Crippen molar-refractivity contribution in [3.63, 3.8) is 0 Å². The number of halogens is 2. The molecule has 2 aromatic rings. The van der Waals surface area contributed by atoms with E-state index in [9.17, 15) is 4.79 Å². The molecule has 0 N–H and O–H groups in total. The van der Waals surface area contributed by atoms with Gasteiger partial charge in [-0.1, -0.05) is 6.07 Å². The summed E-state index contributed by atoms with van der Waals surface area (Å²) in [5.74, 6) is 0.0537. The van der Waals surface area contributed by atoms with Gasteiger partial charge < -0.3 is 4.90 Å². The minimum Gasteiger partial charge on any atom is -0.337 e. The van der Waals surface area contributed by atoms with Crippen LogP contribution in [-0.2, 0) is 6.54 Å². The molecule has 2 nitrogen and oxygen atoms in total. The molecule has 0 saturated heterocycles. The predicted molar refractivity (Wildman–Crippen MR) is 87.0 cm³/mol. The number of benzene rings is 1. The first-order chi connectivity index (χ1) is 8.56. The molecule has 0 saturated carbocycles. The van der Waals surface area contributed by atoms with Crippen LogP contribution in [-0.4, -0.2) is 17.9 Å².